The number of anilines is 1. The molecule has 148 valence electrons. The first-order chi connectivity index (χ1) is 14.2. The van der Waals surface area contributed by atoms with Gasteiger partial charge in [-0.25, -0.2) is 4.98 Å². The molecule has 0 aliphatic carbocycles. The van der Waals surface area contributed by atoms with E-state index >= 15 is 0 Å². The van der Waals surface area contributed by atoms with Crippen molar-refractivity contribution in [2.75, 3.05) is 12.4 Å². The Morgan fingerprint density at radius 3 is 2.62 bits per heavy atom. The number of hydrogen-bond acceptors (Lipinski definition) is 8. The standard InChI is InChI=1S/C21H20N4O2S2/c1-14-18(23-19(27-14)16-6-4-3-5-7-16)13-28-21-25-24-20(29-21)22-12-15-8-10-17(26-2)11-9-15/h3-11H,12-13H2,1-2H3,(H,22,24). The van der Waals surface area contributed by atoms with E-state index in [1.807, 2.05) is 61.5 Å². The fourth-order valence-corrected chi connectivity index (χ4v) is 4.41. The Balaban J connectivity index is 1.33. The third-order valence-electron chi connectivity index (χ3n) is 4.26. The highest BCUT2D eigenvalue weighted by atomic mass is 32.2. The molecule has 0 fully saturated rings. The zero-order chi connectivity index (χ0) is 20.1. The Bertz CT molecular complexity index is 1060. The SMILES string of the molecule is COc1ccc(CNc2nnc(SCc3nc(-c4ccccc4)oc3C)s2)cc1. The lowest BCUT2D eigenvalue weighted by Gasteiger charge is -2.03. The third-order valence-corrected chi connectivity index (χ3v) is 6.28. The van der Waals surface area contributed by atoms with Crippen molar-refractivity contribution in [1.29, 1.82) is 0 Å². The highest BCUT2D eigenvalue weighted by Gasteiger charge is 2.13. The first-order valence-corrected chi connectivity index (χ1v) is 10.9. The number of rotatable bonds is 8. The van der Waals surface area contributed by atoms with Gasteiger partial charge in [0.25, 0.3) is 0 Å². The van der Waals surface area contributed by atoms with Gasteiger partial charge in [0.2, 0.25) is 11.0 Å². The molecule has 2 aromatic carbocycles. The lowest BCUT2D eigenvalue weighted by Crippen LogP contribution is -1.98. The number of nitrogens with one attached hydrogen (secondary N) is 1. The van der Waals surface area contributed by atoms with Gasteiger partial charge in [0.15, 0.2) is 4.34 Å². The Kier molecular flexibility index (Phi) is 6.12. The molecule has 0 amide bonds. The van der Waals surface area contributed by atoms with E-state index in [-0.39, 0.29) is 0 Å². The normalized spacial score (nSPS) is 10.8. The van der Waals surface area contributed by atoms with Crippen LogP contribution in [0.2, 0.25) is 0 Å². The first kappa shape index (κ1) is 19.5. The Hall–Kier alpha value is -2.84. The number of hydrogen-bond donors (Lipinski definition) is 1. The molecule has 4 aromatic rings. The summed E-state index contributed by atoms with van der Waals surface area (Å²) in [6, 6.07) is 17.9. The highest BCUT2D eigenvalue weighted by Crippen LogP contribution is 2.30. The van der Waals surface area contributed by atoms with Crippen LogP contribution in [0, 0.1) is 6.92 Å². The summed E-state index contributed by atoms with van der Waals surface area (Å²) in [5.74, 6) is 3.02. The topological polar surface area (TPSA) is 73.1 Å². The molecule has 6 nitrogen and oxygen atoms in total. The van der Waals surface area contributed by atoms with Crippen LogP contribution in [0.4, 0.5) is 5.13 Å². The molecule has 0 radical (unpaired) electrons. The average molecular weight is 425 g/mol. The summed E-state index contributed by atoms with van der Waals surface area (Å²) in [6.07, 6.45) is 0. The second-order valence-electron chi connectivity index (χ2n) is 6.25. The smallest absolute Gasteiger partial charge is 0.226 e. The van der Waals surface area contributed by atoms with E-state index in [0.29, 0.717) is 18.2 Å². The largest absolute Gasteiger partial charge is 0.497 e. The van der Waals surface area contributed by atoms with Crippen molar-refractivity contribution >= 4 is 28.2 Å². The van der Waals surface area contributed by atoms with E-state index in [1.54, 1.807) is 18.9 Å². The average Bonchev–Trinajstić information content (AvgIpc) is 3.38. The minimum absolute atomic E-state index is 0.651. The number of ether oxygens (including phenoxy) is 1. The molecule has 0 bridgehead atoms. The molecular formula is C21H20N4O2S2. The van der Waals surface area contributed by atoms with Crippen molar-refractivity contribution in [3.8, 4) is 17.2 Å². The molecule has 2 aromatic heterocycles. The zero-order valence-corrected chi connectivity index (χ0v) is 17.7. The predicted molar refractivity (Wildman–Crippen MR) is 116 cm³/mol. The maximum Gasteiger partial charge on any atom is 0.226 e. The second-order valence-corrected chi connectivity index (χ2v) is 8.45. The number of oxazole rings is 1. The van der Waals surface area contributed by atoms with E-state index in [2.05, 4.69) is 20.5 Å². The van der Waals surface area contributed by atoms with E-state index in [1.165, 1.54) is 11.3 Å². The molecule has 0 aliphatic heterocycles. The van der Waals surface area contributed by atoms with Gasteiger partial charge in [0.05, 0.1) is 12.8 Å². The maximum absolute atomic E-state index is 5.82. The Morgan fingerprint density at radius 2 is 1.86 bits per heavy atom. The van der Waals surface area contributed by atoms with E-state index in [4.69, 9.17) is 9.15 Å². The molecule has 0 saturated carbocycles. The van der Waals surface area contributed by atoms with Crippen molar-refractivity contribution < 1.29 is 9.15 Å². The number of aryl methyl sites for hydroxylation is 1. The molecule has 8 heteroatoms. The van der Waals surface area contributed by atoms with Crippen molar-refractivity contribution in [3.05, 3.63) is 71.6 Å². The summed E-state index contributed by atoms with van der Waals surface area (Å²) in [5.41, 5.74) is 3.06. The second kappa shape index (κ2) is 9.11. The van der Waals surface area contributed by atoms with Crippen LogP contribution in [0.15, 0.2) is 63.4 Å². The molecule has 2 heterocycles. The monoisotopic (exact) mass is 424 g/mol. The number of nitrogens with zero attached hydrogens (tertiary/aromatic N) is 3. The molecule has 4 rings (SSSR count). The number of aromatic nitrogens is 3. The summed E-state index contributed by atoms with van der Waals surface area (Å²) in [7, 11) is 1.66. The zero-order valence-electron chi connectivity index (χ0n) is 16.1. The van der Waals surface area contributed by atoms with Crippen LogP contribution in [0.1, 0.15) is 17.0 Å². The summed E-state index contributed by atoms with van der Waals surface area (Å²) in [6.45, 7) is 2.63. The quantitative estimate of drug-likeness (QED) is 0.379. The van der Waals surface area contributed by atoms with Gasteiger partial charge in [-0.05, 0) is 36.8 Å². The minimum atomic E-state index is 0.651. The van der Waals surface area contributed by atoms with Crippen molar-refractivity contribution in [1.82, 2.24) is 15.2 Å². The maximum atomic E-state index is 5.82. The predicted octanol–water partition coefficient (Wildman–Crippen LogP) is 5.41. The Labute approximate surface area is 177 Å². The van der Waals surface area contributed by atoms with Crippen molar-refractivity contribution in [2.45, 2.75) is 23.6 Å². The summed E-state index contributed by atoms with van der Waals surface area (Å²) in [5, 5.41) is 12.6. The van der Waals surface area contributed by atoms with Gasteiger partial charge in [0.1, 0.15) is 11.5 Å². The number of methoxy groups -OCH3 is 1. The van der Waals surface area contributed by atoms with Gasteiger partial charge in [0, 0.05) is 17.9 Å². The fourth-order valence-electron chi connectivity index (χ4n) is 2.66. The fraction of sp³-hybridized carbons (Fsp3) is 0.190. The third kappa shape index (κ3) is 4.96. The van der Waals surface area contributed by atoms with E-state index < -0.39 is 0 Å². The van der Waals surface area contributed by atoms with Crippen LogP contribution < -0.4 is 10.1 Å². The molecule has 0 saturated heterocycles. The number of benzene rings is 2. The van der Waals surface area contributed by atoms with Crippen molar-refractivity contribution in [3.63, 3.8) is 0 Å². The summed E-state index contributed by atoms with van der Waals surface area (Å²) in [4.78, 5) is 4.64. The van der Waals surface area contributed by atoms with Crippen molar-refractivity contribution in [2.24, 2.45) is 0 Å². The lowest BCUT2D eigenvalue weighted by atomic mass is 10.2. The van der Waals surface area contributed by atoms with Gasteiger partial charge in [-0.1, -0.05) is 53.4 Å². The van der Waals surface area contributed by atoms with Crippen LogP contribution >= 0.6 is 23.1 Å². The van der Waals surface area contributed by atoms with Crippen LogP contribution in [0.25, 0.3) is 11.5 Å². The van der Waals surface area contributed by atoms with E-state index in [9.17, 15) is 0 Å². The van der Waals surface area contributed by atoms with Gasteiger partial charge < -0.3 is 14.5 Å². The summed E-state index contributed by atoms with van der Waals surface area (Å²) >= 11 is 3.14. The molecule has 1 N–H and O–H groups in total. The van der Waals surface area contributed by atoms with Crippen LogP contribution in [-0.4, -0.2) is 22.3 Å². The van der Waals surface area contributed by atoms with Gasteiger partial charge in [-0.2, -0.15) is 0 Å². The minimum Gasteiger partial charge on any atom is -0.497 e. The Morgan fingerprint density at radius 1 is 1.07 bits per heavy atom. The van der Waals surface area contributed by atoms with Crippen LogP contribution in [0.5, 0.6) is 5.75 Å². The number of thioether (sulfide) groups is 1. The van der Waals surface area contributed by atoms with Gasteiger partial charge in [-0.3, -0.25) is 0 Å². The lowest BCUT2D eigenvalue weighted by molar-refractivity contribution is 0.414. The van der Waals surface area contributed by atoms with Gasteiger partial charge in [-0.15, -0.1) is 10.2 Å². The molecule has 0 aliphatic rings. The molecule has 0 unspecified atom stereocenters. The summed E-state index contributed by atoms with van der Waals surface area (Å²) < 4.78 is 11.9. The molecule has 0 spiro atoms. The van der Waals surface area contributed by atoms with Gasteiger partial charge >= 0.3 is 0 Å². The van der Waals surface area contributed by atoms with E-state index in [0.717, 1.165) is 37.8 Å². The highest BCUT2D eigenvalue weighted by molar-refractivity contribution is 8.00. The molecule has 29 heavy (non-hydrogen) atoms. The molecule has 0 atom stereocenters. The first-order valence-electron chi connectivity index (χ1n) is 9.06. The molecular weight excluding hydrogens is 404 g/mol. The van der Waals surface area contributed by atoms with Crippen LogP contribution in [-0.2, 0) is 12.3 Å². The van der Waals surface area contributed by atoms with Crippen LogP contribution in [0.3, 0.4) is 0 Å².